The van der Waals surface area contributed by atoms with Crippen molar-refractivity contribution in [3.05, 3.63) is 0 Å². The molecule has 4 saturated carbocycles. The van der Waals surface area contributed by atoms with Crippen LogP contribution in [0.3, 0.4) is 0 Å². The van der Waals surface area contributed by atoms with E-state index in [4.69, 9.17) is 5.11 Å². The summed E-state index contributed by atoms with van der Waals surface area (Å²) in [5.41, 5.74) is 0.758. The van der Waals surface area contributed by atoms with Crippen LogP contribution in [0.5, 0.6) is 0 Å². The van der Waals surface area contributed by atoms with Gasteiger partial charge in [-0.1, -0.05) is 33.6 Å². The third kappa shape index (κ3) is 4.54. The van der Waals surface area contributed by atoms with Gasteiger partial charge in [0.25, 0.3) is 0 Å². The number of hydrogen-bond donors (Lipinski definition) is 2. The molecule has 4 rings (SSSR count). The monoisotopic (exact) mass is 428 g/mol. The molecule has 31 heavy (non-hydrogen) atoms. The number of hydrogen-bond acceptors (Lipinski definition) is 2. The third-order valence-corrected chi connectivity index (χ3v) is 10.2. The van der Waals surface area contributed by atoms with Crippen LogP contribution in [0.15, 0.2) is 0 Å². The minimum absolute atomic E-state index is 0.108. The molecule has 0 radical (unpaired) electrons. The van der Waals surface area contributed by atoms with E-state index in [1.165, 1.54) is 51.4 Å². The lowest BCUT2D eigenvalue weighted by molar-refractivity contribution is -0.164. The van der Waals surface area contributed by atoms with Crippen molar-refractivity contribution in [2.45, 2.75) is 97.5 Å². The maximum Gasteiger partial charge on any atom is 0.303 e. The quantitative estimate of drug-likeness (QED) is 0.539. The van der Waals surface area contributed by atoms with Crippen molar-refractivity contribution in [2.75, 3.05) is 0 Å². The lowest BCUT2D eigenvalue weighted by atomic mass is 9.44. The van der Waals surface area contributed by atoms with Crippen LogP contribution in [0.1, 0.15) is 91.4 Å². The SMILES string of the molecule is C#C.C#C.C[C@H](CCC(=O)O)C1CCC2[C@H]3C(CC[C@@]21C)[C@@]1(C)CCCC[C@H]1C[C@@H]3O. The van der Waals surface area contributed by atoms with Crippen LogP contribution in [-0.2, 0) is 4.79 Å². The van der Waals surface area contributed by atoms with Gasteiger partial charge in [0, 0.05) is 6.42 Å². The van der Waals surface area contributed by atoms with E-state index in [0.29, 0.717) is 46.8 Å². The van der Waals surface area contributed by atoms with Crippen molar-refractivity contribution in [2.24, 2.45) is 46.3 Å². The molecule has 4 aliphatic rings. The van der Waals surface area contributed by atoms with Crippen LogP contribution in [0.25, 0.3) is 0 Å². The number of carbonyl (C=O) groups is 1. The van der Waals surface area contributed by atoms with E-state index in [-0.39, 0.29) is 6.10 Å². The number of carboxylic acids is 1. The van der Waals surface area contributed by atoms with Crippen molar-refractivity contribution in [3.63, 3.8) is 0 Å². The molecule has 0 spiro atoms. The number of terminal acetylenes is 2. The molecule has 9 atom stereocenters. The van der Waals surface area contributed by atoms with Crippen LogP contribution in [0.4, 0.5) is 0 Å². The Morgan fingerprint density at radius 1 is 0.968 bits per heavy atom. The summed E-state index contributed by atoms with van der Waals surface area (Å²) in [4.78, 5) is 11.0. The third-order valence-electron chi connectivity index (χ3n) is 10.2. The van der Waals surface area contributed by atoms with Crippen LogP contribution in [0.2, 0.25) is 0 Å². The van der Waals surface area contributed by atoms with Gasteiger partial charge in [-0.25, -0.2) is 0 Å². The molecule has 0 aromatic carbocycles. The van der Waals surface area contributed by atoms with Gasteiger partial charge in [0.1, 0.15) is 0 Å². The van der Waals surface area contributed by atoms with Gasteiger partial charge in [0.05, 0.1) is 6.10 Å². The summed E-state index contributed by atoms with van der Waals surface area (Å²) >= 11 is 0. The van der Waals surface area contributed by atoms with Gasteiger partial charge in [-0.15, -0.1) is 25.7 Å². The molecule has 0 aromatic rings. The Labute approximate surface area is 190 Å². The van der Waals surface area contributed by atoms with Crippen LogP contribution in [0, 0.1) is 72.0 Å². The molecule has 0 amide bonds. The number of fused-ring (bicyclic) bond motifs is 5. The fraction of sp³-hybridized carbons (Fsp3) is 0.821. The van der Waals surface area contributed by atoms with E-state index < -0.39 is 5.97 Å². The van der Waals surface area contributed by atoms with Gasteiger partial charge in [0.15, 0.2) is 0 Å². The Kier molecular flexibility index (Phi) is 8.69. The molecule has 4 aliphatic carbocycles. The average Bonchev–Trinajstić information content (AvgIpc) is 3.12. The predicted molar refractivity (Wildman–Crippen MR) is 127 cm³/mol. The highest BCUT2D eigenvalue weighted by molar-refractivity contribution is 5.66. The largest absolute Gasteiger partial charge is 0.481 e. The summed E-state index contributed by atoms with van der Waals surface area (Å²) in [6.45, 7) is 7.33. The zero-order valence-corrected chi connectivity index (χ0v) is 19.9. The van der Waals surface area contributed by atoms with Crippen LogP contribution >= 0.6 is 0 Å². The predicted octanol–water partition coefficient (Wildman–Crippen LogP) is 6.01. The average molecular weight is 429 g/mol. The zero-order chi connectivity index (χ0) is 23.4. The fourth-order valence-electron chi connectivity index (χ4n) is 8.78. The molecule has 0 aliphatic heterocycles. The standard InChI is InChI=1S/C24H40O3.2C2H2/c1-15(7-10-21(26)27)17-8-9-18-22-19(11-13-24(17,18)3)23(2)12-5-4-6-16(23)14-20(22)25;2*1-2/h15-20,22,25H,4-14H2,1-3H3,(H,26,27);2*1-2H/t15-,16+,17?,18?,19?,20+,22+,23+,24-;;/m1../s1. The smallest absolute Gasteiger partial charge is 0.303 e. The van der Waals surface area contributed by atoms with Crippen molar-refractivity contribution in [3.8, 4) is 25.7 Å². The van der Waals surface area contributed by atoms with Gasteiger partial charge in [0.2, 0.25) is 0 Å². The van der Waals surface area contributed by atoms with Crippen molar-refractivity contribution in [1.29, 1.82) is 0 Å². The zero-order valence-electron chi connectivity index (χ0n) is 19.9. The van der Waals surface area contributed by atoms with Crippen molar-refractivity contribution < 1.29 is 15.0 Å². The van der Waals surface area contributed by atoms with E-state index in [1.54, 1.807) is 0 Å². The first-order valence-electron chi connectivity index (χ1n) is 12.3. The lowest BCUT2D eigenvalue weighted by Crippen LogP contribution is -2.57. The van der Waals surface area contributed by atoms with Gasteiger partial charge in [-0.05, 0) is 97.7 Å². The summed E-state index contributed by atoms with van der Waals surface area (Å²) in [6.07, 6.45) is 28.5. The number of aliphatic carboxylic acids is 1. The Balaban J connectivity index is 0.000000807. The molecule has 3 unspecified atom stereocenters. The van der Waals surface area contributed by atoms with Crippen LogP contribution < -0.4 is 0 Å². The number of carboxylic acid groups (broad SMARTS) is 1. The molecule has 0 saturated heterocycles. The van der Waals surface area contributed by atoms with Gasteiger partial charge < -0.3 is 10.2 Å². The maximum absolute atomic E-state index is 11.2. The minimum atomic E-state index is -0.663. The maximum atomic E-state index is 11.2. The molecule has 3 nitrogen and oxygen atoms in total. The second-order valence-corrected chi connectivity index (χ2v) is 11.2. The van der Waals surface area contributed by atoms with E-state index in [0.717, 1.165) is 18.8 Å². The van der Waals surface area contributed by atoms with Gasteiger partial charge in [-0.2, -0.15) is 0 Å². The number of aliphatic hydroxyl groups is 1. The molecular formula is C28H44O3. The summed E-state index contributed by atoms with van der Waals surface area (Å²) in [5, 5.41) is 20.3. The van der Waals surface area contributed by atoms with E-state index >= 15 is 0 Å². The summed E-state index contributed by atoms with van der Waals surface area (Å²) < 4.78 is 0. The van der Waals surface area contributed by atoms with Crippen molar-refractivity contribution in [1.82, 2.24) is 0 Å². The first-order valence-corrected chi connectivity index (χ1v) is 12.3. The Morgan fingerprint density at radius 2 is 1.61 bits per heavy atom. The topological polar surface area (TPSA) is 57.5 Å². The molecule has 2 N–H and O–H groups in total. The Morgan fingerprint density at radius 3 is 2.26 bits per heavy atom. The molecule has 174 valence electrons. The van der Waals surface area contributed by atoms with Crippen LogP contribution in [-0.4, -0.2) is 22.3 Å². The van der Waals surface area contributed by atoms with E-state index in [2.05, 4.69) is 46.5 Å². The van der Waals surface area contributed by atoms with Gasteiger partial charge >= 0.3 is 5.97 Å². The second-order valence-electron chi connectivity index (χ2n) is 11.2. The summed E-state index contributed by atoms with van der Waals surface area (Å²) in [7, 11) is 0. The second kappa shape index (κ2) is 10.4. The first-order chi connectivity index (χ1) is 14.8. The molecule has 0 aromatic heterocycles. The Hall–Kier alpha value is -1.45. The van der Waals surface area contributed by atoms with E-state index in [1.807, 2.05) is 0 Å². The van der Waals surface area contributed by atoms with E-state index in [9.17, 15) is 9.90 Å². The summed E-state index contributed by atoms with van der Waals surface area (Å²) in [5.74, 6) is 3.02. The molecule has 0 heterocycles. The molecular weight excluding hydrogens is 384 g/mol. The fourth-order valence-corrected chi connectivity index (χ4v) is 8.78. The first kappa shape index (κ1) is 25.8. The minimum Gasteiger partial charge on any atom is -0.481 e. The number of aliphatic hydroxyl groups excluding tert-OH is 1. The number of rotatable bonds is 4. The summed E-state index contributed by atoms with van der Waals surface area (Å²) in [6, 6.07) is 0. The van der Waals surface area contributed by atoms with Gasteiger partial charge in [-0.3, -0.25) is 4.79 Å². The highest BCUT2D eigenvalue weighted by atomic mass is 16.4. The normalized spacial score (nSPS) is 44.0. The molecule has 4 fully saturated rings. The highest BCUT2D eigenvalue weighted by Gasteiger charge is 2.62. The lowest BCUT2D eigenvalue weighted by Gasteiger charge is -2.62. The van der Waals surface area contributed by atoms with Crippen molar-refractivity contribution >= 4 is 5.97 Å². The highest BCUT2D eigenvalue weighted by Crippen LogP contribution is 2.68. The molecule has 0 bridgehead atoms. The Bertz CT molecular complexity index is 645. The molecule has 3 heteroatoms.